The lowest BCUT2D eigenvalue weighted by molar-refractivity contribution is -0.123. The minimum Gasteiger partial charge on any atom is -0.484 e. The normalized spacial score (nSPS) is 13.8. The van der Waals surface area contributed by atoms with Gasteiger partial charge < -0.3 is 10.1 Å². The van der Waals surface area contributed by atoms with Gasteiger partial charge in [0.1, 0.15) is 11.6 Å². The summed E-state index contributed by atoms with van der Waals surface area (Å²) in [5, 5.41) is 4.96. The molecule has 1 N–H and O–H groups in total. The molecule has 1 amide bonds. The SMILES string of the molecule is O=C(COc1ccc2c(c1)CCC2)NC(c1ccc(F)cc1)c1cccs1. The summed E-state index contributed by atoms with van der Waals surface area (Å²) in [6.07, 6.45) is 3.37. The third-order valence-corrected chi connectivity index (χ3v) is 5.71. The fourth-order valence-electron chi connectivity index (χ4n) is 3.42. The topological polar surface area (TPSA) is 38.3 Å². The largest absolute Gasteiger partial charge is 0.484 e. The van der Waals surface area contributed by atoms with Gasteiger partial charge in [-0.05, 0) is 71.7 Å². The van der Waals surface area contributed by atoms with E-state index in [2.05, 4.69) is 11.4 Å². The maximum absolute atomic E-state index is 13.3. The molecule has 1 aliphatic carbocycles. The second-order valence-electron chi connectivity index (χ2n) is 6.64. The van der Waals surface area contributed by atoms with Gasteiger partial charge in [0.15, 0.2) is 6.61 Å². The van der Waals surface area contributed by atoms with E-state index in [0.29, 0.717) is 0 Å². The van der Waals surface area contributed by atoms with Crippen molar-refractivity contribution in [1.82, 2.24) is 5.32 Å². The zero-order chi connectivity index (χ0) is 18.6. The van der Waals surface area contributed by atoms with Crippen LogP contribution in [0.3, 0.4) is 0 Å². The van der Waals surface area contributed by atoms with E-state index in [0.717, 1.165) is 29.0 Å². The van der Waals surface area contributed by atoms with Crippen LogP contribution in [-0.2, 0) is 17.6 Å². The van der Waals surface area contributed by atoms with E-state index in [-0.39, 0.29) is 24.4 Å². The summed E-state index contributed by atoms with van der Waals surface area (Å²) in [6, 6.07) is 15.8. The molecule has 0 bridgehead atoms. The highest BCUT2D eigenvalue weighted by molar-refractivity contribution is 7.10. The van der Waals surface area contributed by atoms with Crippen molar-refractivity contribution in [2.24, 2.45) is 0 Å². The summed E-state index contributed by atoms with van der Waals surface area (Å²) < 4.78 is 19.0. The third-order valence-electron chi connectivity index (χ3n) is 4.78. The lowest BCUT2D eigenvalue weighted by Gasteiger charge is -2.18. The number of ether oxygens (including phenoxy) is 1. The molecule has 1 heterocycles. The van der Waals surface area contributed by atoms with Crippen molar-refractivity contribution in [1.29, 1.82) is 0 Å². The van der Waals surface area contributed by atoms with Gasteiger partial charge in [-0.25, -0.2) is 4.39 Å². The Morgan fingerprint density at radius 2 is 1.93 bits per heavy atom. The van der Waals surface area contributed by atoms with Gasteiger partial charge in [-0.2, -0.15) is 0 Å². The molecule has 3 nitrogen and oxygen atoms in total. The number of halogens is 1. The van der Waals surface area contributed by atoms with E-state index in [1.807, 2.05) is 29.6 Å². The Kier molecular flexibility index (Phi) is 5.21. The van der Waals surface area contributed by atoms with E-state index in [9.17, 15) is 9.18 Å². The first-order chi connectivity index (χ1) is 13.2. The number of hydrogen-bond acceptors (Lipinski definition) is 3. The molecule has 0 radical (unpaired) electrons. The Morgan fingerprint density at radius 3 is 2.70 bits per heavy atom. The number of benzene rings is 2. The van der Waals surface area contributed by atoms with Crippen molar-refractivity contribution in [3.63, 3.8) is 0 Å². The van der Waals surface area contributed by atoms with Gasteiger partial charge in [-0.1, -0.05) is 24.3 Å². The zero-order valence-electron chi connectivity index (χ0n) is 14.8. The average molecular weight is 381 g/mol. The van der Waals surface area contributed by atoms with Gasteiger partial charge in [0.25, 0.3) is 5.91 Å². The number of carbonyl (C=O) groups is 1. The van der Waals surface area contributed by atoms with Crippen LogP contribution in [0.15, 0.2) is 60.0 Å². The molecule has 138 valence electrons. The molecule has 1 aromatic heterocycles. The van der Waals surface area contributed by atoms with Crippen LogP contribution in [0.1, 0.15) is 34.0 Å². The Morgan fingerprint density at radius 1 is 1.11 bits per heavy atom. The number of nitrogens with one attached hydrogen (secondary N) is 1. The van der Waals surface area contributed by atoms with Gasteiger partial charge in [0, 0.05) is 4.88 Å². The van der Waals surface area contributed by atoms with Gasteiger partial charge in [-0.3, -0.25) is 4.79 Å². The maximum atomic E-state index is 13.3. The lowest BCUT2D eigenvalue weighted by Crippen LogP contribution is -2.32. The summed E-state index contributed by atoms with van der Waals surface area (Å²) >= 11 is 1.55. The fraction of sp³-hybridized carbons (Fsp3) is 0.227. The molecule has 0 aliphatic heterocycles. The van der Waals surface area contributed by atoms with Gasteiger partial charge in [-0.15, -0.1) is 11.3 Å². The first kappa shape index (κ1) is 17.7. The van der Waals surface area contributed by atoms with E-state index >= 15 is 0 Å². The molecule has 1 atom stereocenters. The van der Waals surface area contributed by atoms with Crippen LogP contribution in [0.25, 0.3) is 0 Å². The molecule has 2 aromatic carbocycles. The van der Waals surface area contributed by atoms with E-state index in [4.69, 9.17) is 4.74 Å². The number of aryl methyl sites for hydroxylation is 2. The summed E-state index contributed by atoms with van der Waals surface area (Å²) in [4.78, 5) is 13.5. The number of fused-ring (bicyclic) bond motifs is 1. The van der Waals surface area contributed by atoms with Gasteiger partial charge >= 0.3 is 0 Å². The molecule has 3 aromatic rings. The Balaban J connectivity index is 1.43. The molecule has 0 saturated carbocycles. The van der Waals surface area contributed by atoms with Crippen molar-refractivity contribution >= 4 is 17.2 Å². The van der Waals surface area contributed by atoms with Gasteiger partial charge in [0.2, 0.25) is 0 Å². The van der Waals surface area contributed by atoms with Crippen LogP contribution >= 0.6 is 11.3 Å². The molecular formula is C22H20FNO2S. The number of rotatable bonds is 6. The first-order valence-electron chi connectivity index (χ1n) is 9.02. The molecule has 0 fully saturated rings. The second-order valence-corrected chi connectivity index (χ2v) is 7.62. The van der Waals surface area contributed by atoms with Crippen molar-refractivity contribution in [2.75, 3.05) is 6.61 Å². The minimum absolute atomic E-state index is 0.0537. The van der Waals surface area contributed by atoms with Crippen molar-refractivity contribution < 1.29 is 13.9 Å². The summed E-state index contributed by atoms with van der Waals surface area (Å²) in [5.41, 5.74) is 3.53. The molecule has 1 unspecified atom stereocenters. The minimum atomic E-state index is -0.318. The highest BCUT2D eigenvalue weighted by atomic mass is 32.1. The highest BCUT2D eigenvalue weighted by Gasteiger charge is 2.19. The maximum Gasteiger partial charge on any atom is 0.258 e. The molecule has 0 saturated heterocycles. The predicted octanol–water partition coefficient (Wildman–Crippen LogP) is 4.66. The van der Waals surface area contributed by atoms with E-state index in [1.54, 1.807) is 23.5 Å². The highest BCUT2D eigenvalue weighted by Crippen LogP contribution is 2.27. The zero-order valence-corrected chi connectivity index (χ0v) is 15.6. The number of hydrogen-bond donors (Lipinski definition) is 1. The van der Waals surface area contributed by atoms with Crippen LogP contribution in [0.5, 0.6) is 5.75 Å². The smallest absolute Gasteiger partial charge is 0.258 e. The summed E-state index contributed by atoms with van der Waals surface area (Å²) in [6.45, 7) is -0.0537. The van der Waals surface area contributed by atoms with Crippen LogP contribution in [0.2, 0.25) is 0 Å². The van der Waals surface area contributed by atoms with E-state index < -0.39 is 0 Å². The van der Waals surface area contributed by atoms with Crippen LogP contribution in [0.4, 0.5) is 4.39 Å². The first-order valence-corrected chi connectivity index (χ1v) is 9.90. The van der Waals surface area contributed by atoms with Crippen molar-refractivity contribution in [2.45, 2.75) is 25.3 Å². The summed E-state index contributed by atoms with van der Waals surface area (Å²) in [7, 11) is 0. The number of amides is 1. The number of thiophene rings is 1. The van der Waals surface area contributed by atoms with Crippen molar-refractivity contribution in [3.05, 3.63) is 87.4 Å². The third kappa shape index (κ3) is 4.19. The monoisotopic (exact) mass is 381 g/mol. The molecule has 4 rings (SSSR count). The predicted molar refractivity (Wildman–Crippen MR) is 105 cm³/mol. The Hall–Kier alpha value is -2.66. The number of carbonyl (C=O) groups excluding carboxylic acids is 1. The second kappa shape index (κ2) is 7.92. The Bertz CT molecular complexity index is 922. The van der Waals surface area contributed by atoms with Gasteiger partial charge in [0.05, 0.1) is 6.04 Å². The average Bonchev–Trinajstić information content (AvgIpc) is 3.36. The Labute approximate surface area is 161 Å². The molecule has 1 aliphatic rings. The summed E-state index contributed by atoms with van der Waals surface area (Å²) in [5.74, 6) is 0.216. The lowest BCUT2D eigenvalue weighted by atomic mass is 10.1. The quantitative estimate of drug-likeness (QED) is 0.674. The van der Waals surface area contributed by atoms with Crippen molar-refractivity contribution in [3.8, 4) is 5.75 Å². The van der Waals surface area contributed by atoms with Crippen LogP contribution in [0, 0.1) is 5.82 Å². The van der Waals surface area contributed by atoms with Crippen LogP contribution < -0.4 is 10.1 Å². The molecule has 0 spiro atoms. The fourth-order valence-corrected chi connectivity index (χ4v) is 4.22. The molecular weight excluding hydrogens is 361 g/mol. The standard InChI is InChI=1S/C22H20FNO2S/c23-18-9-6-16(7-10-18)22(20-5-2-12-27-20)24-21(25)14-26-19-11-8-15-3-1-4-17(15)13-19/h2,5-13,22H,1,3-4,14H2,(H,24,25). The molecule has 5 heteroatoms. The van der Waals surface area contributed by atoms with E-state index in [1.165, 1.54) is 29.7 Å². The van der Waals surface area contributed by atoms with Crippen LogP contribution in [-0.4, -0.2) is 12.5 Å². The molecule has 27 heavy (non-hydrogen) atoms.